The van der Waals surface area contributed by atoms with Crippen molar-refractivity contribution >= 4 is 23.5 Å². The van der Waals surface area contributed by atoms with Crippen molar-refractivity contribution in [1.82, 2.24) is 0 Å². The van der Waals surface area contributed by atoms with E-state index in [0.29, 0.717) is 10.6 Å². The summed E-state index contributed by atoms with van der Waals surface area (Å²) in [5.41, 5.74) is 5.71. The Hall–Kier alpha value is -2.40. The average molecular weight is 308 g/mol. The van der Waals surface area contributed by atoms with Gasteiger partial charge in [-0.2, -0.15) is 0 Å². The van der Waals surface area contributed by atoms with E-state index in [1.54, 1.807) is 12.1 Å². The Morgan fingerprint density at radius 3 is 2.38 bits per heavy atom. The van der Waals surface area contributed by atoms with Crippen molar-refractivity contribution < 1.29 is 18.7 Å². The lowest BCUT2D eigenvalue weighted by atomic mass is 10.1. The second kappa shape index (κ2) is 6.37. The molecule has 2 rings (SSSR count). The Labute approximate surface area is 125 Å². The minimum absolute atomic E-state index is 0.191. The highest BCUT2D eigenvalue weighted by molar-refractivity contribution is 6.30. The van der Waals surface area contributed by atoms with E-state index in [1.807, 2.05) is 0 Å². The Kier molecular flexibility index (Phi) is 4.55. The van der Waals surface area contributed by atoms with Gasteiger partial charge in [-0.3, -0.25) is 4.79 Å². The van der Waals surface area contributed by atoms with Gasteiger partial charge in [0.1, 0.15) is 5.82 Å². The number of hydrogen-bond donors (Lipinski definition) is 1. The molecule has 0 spiro atoms. The van der Waals surface area contributed by atoms with Crippen LogP contribution < -0.4 is 5.73 Å². The third-order valence-corrected chi connectivity index (χ3v) is 2.95. The van der Waals surface area contributed by atoms with Crippen LogP contribution in [-0.4, -0.2) is 11.9 Å². The van der Waals surface area contributed by atoms with E-state index in [2.05, 4.69) is 0 Å². The number of amides is 1. The van der Waals surface area contributed by atoms with Crippen LogP contribution in [0.1, 0.15) is 22.0 Å². The first-order chi connectivity index (χ1) is 9.97. The van der Waals surface area contributed by atoms with E-state index in [1.165, 1.54) is 24.3 Å². The summed E-state index contributed by atoms with van der Waals surface area (Å²) in [4.78, 5) is 23.4. The molecule has 108 valence electrons. The van der Waals surface area contributed by atoms with Gasteiger partial charge in [-0.15, -0.1) is 0 Å². The van der Waals surface area contributed by atoms with Crippen LogP contribution in [0.25, 0.3) is 0 Å². The molecule has 1 amide bonds. The lowest BCUT2D eigenvalue weighted by molar-refractivity contribution is -0.127. The minimum Gasteiger partial charge on any atom is -0.444 e. The zero-order chi connectivity index (χ0) is 15.4. The number of esters is 1. The number of rotatable bonds is 4. The van der Waals surface area contributed by atoms with Gasteiger partial charge in [-0.1, -0.05) is 29.8 Å². The maximum Gasteiger partial charge on any atom is 0.339 e. The number of carbonyl (C=O) groups is 2. The molecule has 2 N–H and O–H groups in total. The molecule has 4 nitrogen and oxygen atoms in total. The van der Waals surface area contributed by atoms with E-state index in [0.717, 1.165) is 12.1 Å². The van der Waals surface area contributed by atoms with Gasteiger partial charge in [-0.05, 0) is 30.3 Å². The van der Waals surface area contributed by atoms with Crippen molar-refractivity contribution in [2.24, 2.45) is 5.73 Å². The van der Waals surface area contributed by atoms with Crippen LogP contribution in [0.5, 0.6) is 0 Å². The number of hydrogen-bond acceptors (Lipinski definition) is 3. The van der Waals surface area contributed by atoms with E-state index in [-0.39, 0.29) is 5.56 Å². The first-order valence-corrected chi connectivity index (χ1v) is 6.36. The van der Waals surface area contributed by atoms with Crippen molar-refractivity contribution in [2.45, 2.75) is 6.10 Å². The van der Waals surface area contributed by atoms with E-state index in [4.69, 9.17) is 22.1 Å². The maximum atomic E-state index is 12.9. The molecule has 0 aromatic heterocycles. The average Bonchev–Trinajstić information content (AvgIpc) is 2.45. The zero-order valence-electron chi connectivity index (χ0n) is 10.8. The highest BCUT2D eigenvalue weighted by Gasteiger charge is 2.23. The summed E-state index contributed by atoms with van der Waals surface area (Å²) in [7, 11) is 0. The molecule has 1 atom stereocenters. The zero-order valence-corrected chi connectivity index (χ0v) is 11.5. The SMILES string of the molecule is NC(=O)C(OC(=O)c1cccc(Cl)c1)c1ccc(F)cc1. The third kappa shape index (κ3) is 3.79. The highest BCUT2D eigenvalue weighted by atomic mass is 35.5. The third-order valence-electron chi connectivity index (χ3n) is 2.72. The maximum absolute atomic E-state index is 12.9. The molecule has 0 aliphatic carbocycles. The fourth-order valence-electron chi connectivity index (χ4n) is 1.72. The number of nitrogens with two attached hydrogens (primary N) is 1. The van der Waals surface area contributed by atoms with Gasteiger partial charge < -0.3 is 10.5 Å². The first kappa shape index (κ1) is 15.0. The van der Waals surface area contributed by atoms with Gasteiger partial charge in [0.05, 0.1) is 5.56 Å². The van der Waals surface area contributed by atoms with Crippen LogP contribution in [0, 0.1) is 5.82 Å². The summed E-state index contributed by atoms with van der Waals surface area (Å²) in [6, 6.07) is 11.0. The second-order valence-corrected chi connectivity index (χ2v) is 4.69. The Balaban J connectivity index is 2.22. The molecule has 0 bridgehead atoms. The van der Waals surface area contributed by atoms with Crippen LogP contribution in [0.3, 0.4) is 0 Å². The summed E-state index contributed by atoms with van der Waals surface area (Å²) in [6.07, 6.45) is -1.29. The molecule has 2 aromatic rings. The number of ether oxygens (including phenoxy) is 1. The molecule has 0 fully saturated rings. The van der Waals surface area contributed by atoms with Crippen molar-refractivity contribution in [2.75, 3.05) is 0 Å². The van der Waals surface area contributed by atoms with Gasteiger partial charge in [0, 0.05) is 10.6 Å². The number of benzene rings is 2. The predicted octanol–water partition coefficient (Wildman–Crippen LogP) is 2.86. The highest BCUT2D eigenvalue weighted by Crippen LogP contribution is 2.20. The van der Waals surface area contributed by atoms with Gasteiger partial charge in [-0.25, -0.2) is 9.18 Å². The lowest BCUT2D eigenvalue weighted by Crippen LogP contribution is -2.26. The Bertz CT molecular complexity index is 673. The van der Waals surface area contributed by atoms with Crippen LogP contribution >= 0.6 is 11.6 Å². The van der Waals surface area contributed by atoms with Crippen LogP contribution in [-0.2, 0) is 9.53 Å². The summed E-state index contributed by atoms with van der Waals surface area (Å²) in [5.74, 6) is -2.06. The van der Waals surface area contributed by atoms with Crippen LogP contribution in [0.15, 0.2) is 48.5 Å². The fourth-order valence-corrected chi connectivity index (χ4v) is 1.91. The lowest BCUT2D eigenvalue weighted by Gasteiger charge is -2.15. The Morgan fingerprint density at radius 2 is 1.81 bits per heavy atom. The standard InChI is InChI=1S/C15H11ClFNO3/c16-11-3-1-2-10(8-11)15(20)21-13(14(18)19)9-4-6-12(17)7-5-9/h1-8,13H,(H2,18,19). The summed E-state index contributed by atoms with van der Waals surface area (Å²) < 4.78 is 18.0. The predicted molar refractivity (Wildman–Crippen MR) is 75.2 cm³/mol. The molecule has 1 unspecified atom stereocenters. The molecule has 0 radical (unpaired) electrons. The molecule has 0 aliphatic rings. The van der Waals surface area contributed by atoms with Crippen molar-refractivity contribution in [3.05, 3.63) is 70.5 Å². The molecule has 0 aliphatic heterocycles. The molecule has 0 saturated carbocycles. The molecule has 6 heteroatoms. The van der Waals surface area contributed by atoms with Crippen molar-refractivity contribution in [3.8, 4) is 0 Å². The summed E-state index contributed by atoms with van der Waals surface area (Å²) >= 11 is 5.78. The van der Waals surface area contributed by atoms with Crippen molar-refractivity contribution in [1.29, 1.82) is 0 Å². The Morgan fingerprint density at radius 1 is 1.14 bits per heavy atom. The smallest absolute Gasteiger partial charge is 0.339 e. The fraction of sp³-hybridized carbons (Fsp3) is 0.0667. The van der Waals surface area contributed by atoms with Gasteiger partial charge >= 0.3 is 5.97 Å². The largest absolute Gasteiger partial charge is 0.444 e. The molecular weight excluding hydrogens is 297 g/mol. The topological polar surface area (TPSA) is 69.4 Å². The van der Waals surface area contributed by atoms with E-state index in [9.17, 15) is 14.0 Å². The normalized spacial score (nSPS) is 11.7. The van der Waals surface area contributed by atoms with E-state index < -0.39 is 23.8 Å². The molecule has 2 aromatic carbocycles. The molecule has 0 heterocycles. The van der Waals surface area contributed by atoms with Gasteiger partial charge in [0.25, 0.3) is 5.91 Å². The number of primary amides is 1. The summed E-state index contributed by atoms with van der Waals surface area (Å²) in [5, 5.41) is 0.363. The summed E-state index contributed by atoms with van der Waals surface area (Å²) in [6.45, 7) is 0. The minimum atomic E-state index is -1.29. The number of halogens is 2. The first-order valence-electron chi connectivity index (χ1n) is 5.98. The monoisotopic (exact) mass is 307 g/mol. The van der Waals surface area contributed by atoms with Crippen molar-refractivity contribution in [3.63, 3.8) is 0 Å². The quantitative estimate of drug-likeness (QED) is 0.883. The number of carbonyl (C=O) groups excluding carboxylic acids is 2. The van der Waals surface area contributed by atoms with E-state index >= 15 is 0 Å². The van der Waals surface area contributed by atoms with Gasteiger partial charge in [0.2, 0.25) is 6.10 Å². The molecule has 0 saturated heterocycles. The van der Waals surface area contributed by atoms with Gasteiger partial charge in [0.15, 0.2) is 0 Å². The van der Waals surface area contributed by atoms with Crippen LogP contribution in [0.2, 0.25) is 5.02 Å². The van der Waals surface area contributed by atoms with Crippen LogP contribution in [0.4, 0.5) is 4.39 Å². The molecule has 21 heavy (non-hydrogen) atoms. The molecular formula is C15H11ClFNO3. The second-order valence-electron chi connectivity index (χ2n) is 4.25.